The van der Waals surface area contributed by atoms with Crippen LogP contribution >= 0.6 is 0 Å². The zero-order chi connectivity index (χ0) is 20.0. The molecule has 8 nitrogen and oxygen atoms in total. The number of rotatable bonds is 8. The van der Waals surface area contributed by atoms with Gasteiger partial charge in [0.25, 0.3) is 0 Å². The normalized spacial score (nSPS) is 13.0. The molecule has 0 aliphatic rings. The monoisotopic (exact) mass is 377 g/mol. The molecular weight excluding hydrogens is 355 g/mol. The van der Waals surface area contributed by atoms with Crippen molar-refractivity contribution < 1.29 is 28.0 Å². The summed E-state index contributed by atoms with van der Waals surface area (Å²) in [6.07, 6.45) is -2.59. The van der Waals surface area contributed by atoms with E-state index in [1.165, 1.54) is 0 Å². The fraction of sp³-hybridized carbons (Fsp3) is 0.600. The lowest BCUT2D eigenvalue weighted by Gasteiger charge is -2.24. The van der Waals surface area contributed by atoms with Gasteiger partial charge in [-0.05, 0) is 24.3 Å². The minimum absolute atomic E-state index is 0.0857. The molecule has 0 saturated carbocycles. The second-order valence-corrected chi connectivity index (χ2v) is 6.90. The molecule has 26 heavy (non-hydrogen) atoms. The Kier molecular flexibility index (Phi) is 7.30. The van der Waals surface area contributed by atoms with E-state index >= 15 is 0 Å². The molecule has 1 heterocycles. The number of anilines is 1. The quantitative estimate of drug-likeness (QED) is 0.364. The molecule has 146 valence electrons. The Bertz CT molecular complexity index is 619. The molecule has 0 unspecified atom stereocenters. The molecule has 1 aromatic rings. The van der Waals surface area contributed by atoms with Crippen molar-refractivity contribution in [3.63, 3.8) is 0 Å². The standard InChI is InChI=1S/C15H22F3N5O3/c1-14(2,3)6-4-10(8-23(26)9-24)12(25)21-22-13-19-7-5-11(20-13)15(16,17)18/h5,7,9-10,26H,4,6,8H2,1-3H3,(H,21,25)(H,19,20,22)/t10-/m1/s1. The van der Waals surface area contributed by atoms with Crippen LogP contribution in [0.4, 0.5) is 19.1 Å². The van der Waals surface area contributed by atoms with Gasteiger partial charge in [0.2, 0.25) is 18.3 Å². The lowest BCUT2D eigenvalue weighted by molar-refractivity contribution is -0.154. The van der Waals surface area contributed by atoms with E-state index in [-0.39, 0.29) is 18.4 Å². The van der Waals surface area contributed by atoms with Crippen LogP contribution in [0.2, 0.25) is 0 Å². The van der Waals surface area contributed by atoms with Crippen LogP contribution in [0.3, 0.4) is 0 Å². The average Bonchev–Trinajstić information content (AvgIpc) is 2.54. The maximum absolute atomic E-state index is 12.6. The van der Waals surface area contributed by atoms with Gasteiger partial charge in [0.1, 0.15) is 5.69 Å². The van der Waals surface area contributed by atoms with Crippen LogP contribution in [-0.2, 0) is 15.8 Å². The van der Waals surface area contributed by atoms with E-state index in [0.29, 0.717) is 24.0 Å². The number of aromatic nitrogens is 2. The zero-order valence-electron chi connectivity index (χ0n) is 14.7. The summed E-state index contributed by atoms with van der Waals surface area (Å²) in [5.74, 6) is -1.82. The number of nitrogens with one attached hydrogen (secondary N) is 2. The summed E-state index contributed by atoms with van der Waals surface area (Å²) in [5, 5.41) is 9.67. The van der Waals surface area contributed by atoms with Gasteiger partial charge in [0, 0.05) is 6.20 Å². The number of hydrogen-bond acceptors (Lipinski definition) is 6. The summed E-state index contributed by atoms with van der Waals surface area (Å²) in [5.41, 5.74) is 3.18. The van der Waals surface area contributed by atoms with Gasteiger partial charge < -0.3 is 0 Å². The molecule has 3 N–H and O–H groups in total. The first-order valence-electron chi connectivity index (χ1n) is 7.79. The number of carbonyl (C=O) groups is 2. The van der Waals surface area contributed by atoms with Crippen molar-refractivity contribution in [2.45, 2.75) is 39.8 Å². The van der Waals surface area contributed by atoms with Crippen LogP contribution in [0.25, 0.3) is 0 Å². The van der Waals surface area contributed by atoms with Gasteiger partial charge in [-0.15, -0.1) is 0 Å². The van der Waals surface area contributed by atoms with Crippen molar-refractivity contribution >= 4 is 18.3 Å². The molecule has 1 aromatic heterocycles. The Balaban J connectivity index is 2.75. The van der Waals surface area contributed by atoms with Crippen LogP contribution in [0, 0.1) is 11.3 Å². The van der Waals surface area contributed by atoms with E-state index < -0.39 is 29.6 Å². The Morgan fingerprint density at radius 1 is 1.38 bits per heavy atom. The topological polar surface area (TPSA) is 107 Å². The lowest BCUT2D eigenvalue weighted by Crippen LogP contribution is -2.41. The predicted molar refractivity (Wildman–Crippen MR) is 85.5 cm³/mol. The van der Waals surface area contributed by atoms with E-state index in [4.69, 9.17) is 0 Å². The van der Waals surface area contributed by atoms with Gasteiger partial charge in [0.05, 0.1) is 12.5 Å². The number of hydroxylamine groups is 2. The minimum atomic E-state index is -4.64. The Labute approximate surface area is 148 Å². The smallest absolute Gasteiger partial charge is 0.286 e. The lowest BCUT2D eigenvalue weighted by atomic mass is 9.86. The first-order valence-corrected chi connectivity index (χ1v) is 7.79. The number of hydrogen-bond donors (Lipinski definition) is 3. The first-order chi connectivity index (χ1) is 11.9. The highest BCUT2D eigenvalue weighted by Gasteiger charge is 2.33. The second-order valence-electron chi connectivity index (χ2n) is 6.90. The highest BCUT2D eigenvalue weighted by atomic mass is 19.4. The Hall–Kier alpha value is -2.43. The van der Waals surface area contributed by atoms with Crippen LogP contribution in [0.5, 0.6) is 0 Å². The Morgan fingerprint density at radius 2 is 2.04 bits per heavy atom. The SMILES string of the molecule is CC(C)(C)CC[C@H](CN(O)C=O)C(=O)NNc1nccc(C(F)(F)F)n1. The summed E-state index contributed by atoms with van der Waals surface area (Å²) >= 11 is 0. The molecule has 0 spiro atoms. The predicted octanol–water partition coefficient (Wildman–Crippen LogP) is 2.23. The molecule has 0 fully saturated rings. The summed E-state index contributed by atoms with van der Waals surface area (Å²) < 4.78 is 37.9. The summed E-state index contributed by atoms with van der Waals surface area (Å²) in [4.78, 5) is 29.7. The fourth-order valence-corrected chi connectivity index (χ4v) is 1.98. The van der Waals surface area contributed by atoms with Gasteiger partial charge in [-0.25, -0.2) is 15.0 Å². The molecule has 0 saturated heterocycles. The van der Waals surface area contributed by atoms with E-state index in [1.807, 2.05) is 20.8 Å². The van der Waals surface area contributed by atoms with E-state index in [0.717, 1.165) is 6.20 Å². The van der Waals surface area contributed by atoms with Crippen molar-refractivity contribution in [1.29, 1.82) is 0 Å². The van der Waals surface area contributed by atoms with Gasteiger partial charge in [0.15, 0.2) is 0 Å². The molecular formula is C15H22F3N5O3. The molecule has 1 rings (SSSR count). The summed E-state index contributed by atoms with van der Waals surface area (Å²) in [6, 6.07) is 0.701. The number of hydrazine groups is 1. The second kappa shape index (κ2) is 8.79. The summed E-state index contributed by atoms with van der Waals surface area (Å²) in [7, 11) is 0. The van der Waals surface area contributed by atoms with E-state index in [9.17, 15) is 28.0 Å². The van der Waals surface area contributed by atoms with Crippen LogP contribution in [-0.4, -0.2) is 39.1 Å². The largest absolute Gasteiger partial charge is 0.433 e. The number of amides is 2. The highest BCUT2D eigenvalue weighted by molar-refractivity contribution is 5.80. The minimum Gasteiger partial charge on any atom is -0.286 e. The van der Waals surface area contributed by atoms with Gasteiger partial charge >= 0.3 is 6.18 Å². The van der Waals surface area contributed by atoms with E-state index in [2.05, 4.69) is 20.8 Å². The summed E-state index contributed by atoms with van der Waals surface area (Å²) in [6.45, 7) is 5.64. The number of halogens is 3. The number of carbonyl (C=O) groups excluding carboxylic acids is 2. The molecule has 11 heteroatoms. The number of nitrogens with zero attached hydrogens (tertiary/aromatic N) is 3. The molecule has 0 radical (unpaired) electrons. The maximum Gasteiger partial charge on any atom is 0.433 e. The van der Waals surface area contributed by atoms with Crippen molar-refractivity contribution in [3.05, 3.63) is 18.0 Å². The molecule has 0 bridgehead atoms. The third-order valence-corrected chi connectivity index (χ3v) is 3.39. The number of alkyl halides is 3. The molecule has 2 amide bonds. The highest BCUT2D eigenvalue weighted by Crippen LogP contribution is 2.27. The molecule has 0 aromatic carbocycles. The van der Waals surface area contributed by atoms with Crippen molar-refractivity contribution in [2.75, 3.05) is 12.0 Å². The Morgan fingerprint density at radius 3 is 2.58 bits per heavy atom. The molecule has 1 atom stereocenters. The third-order valence-electron chi connectivity index (χ3n) is 3.39. The first kappa shape index (κ1) is 21.6. The van der Waals surface area contributed by atoms with E-state index in [1.54, 1.807) is 0 Å². The van der Waals surface area contributed by atoms with Crippen LogP contribution < -0.4 is 10.9 Å². The third kappa shape index (κ3) is 7.64. The van der Waals surface area contributed by atoms with Gasteiger partial charge in [-0.2, -0.15) is 13.2 Å². The van der Waals surface area contributed by atoms with Gasteiger partial charge in [-0.1, -0.05) is 20.8 Å². The average molecular weight is 377 g/mol. The van der Waals surface area contributed by atoms with Crippen molar-refractivity contribution in [3.8, 4) is 0 Å². The fourth-order valence-electron chi connectivity index (χ4n) is 1.98. The van der Waals surface area contributed by atoms with Crippen molar-refractivity contribution in [1.82, 2.24) is 20.5 Å². The molecule has 0 aliphatic heterocycles. The molecule has 0 aliphatic carbocycles. The van der Waals surface area contributed by atoms with Crippen LogP contribution in [0.1, 0.15) is 39.3 Å². The van der Waals surface area contributed by atoms with Gasteiger partial charge in [-0.3, -0.25) is 25.6 Å². The zero-order valence-corrected chi connectivity index (χ0v) is 14.7. The van der Waals surface area contributed by atoms with Crippen LogP contribution in [0.15, 0.2) is 12.3 Å². The van der Waals surface area contributed by atoms with Crippen molar-refractivity contribution in [2.24, 2.45) is 11.3 Å². The maximum atomic E-state index is 12.6.